The van der Waals surface area contributed by atoms with Crippen molar-refractivity contribution in [2.24, 2.45) is 0 Å². The highest BCUT2D eigenvalue weighted by Gasteiger charge is 2.17. The van der Waals surface area contributed by atoms with E-state index in [2.05, 4.69) is 40.9 Å². The Kier molecular flexibility index (Phi) is 4.61. The molecule has 1 aromatic rings. The zero-order valence-corrected chi connectivity index (χ0v) is 11.3. The summed E-state index contributed by atoms with van der Waals surface area (Å²) in [6.45, 7) is 7.10. The number of hydrogen-bond donors (Lipinski definition) is 2. The third-order valence-corrected chi connectivity index (χ3v) is 3.71. The van der Waals surface area contributed by atoms with Crippen LogP contribution in [0.4, 0.5) is 6.01 Å². The molecule has 0 aliphatic rings. The van der Waals surface area contributed by atoms with Gasteiger partial charge in [-0.1, -0.05) is 5.10 Å². The summed E-state index contributed by atoms with van der Waals surface area (Å²) in [6.07, 6.45) is 2.09. The topological polar surface area (TPSA) is 63.0 Å². The van der Waals surface area contributed by atoms with Crippen LogP contribution in [0.25, 0.3) is 0 Å². The Morgan fingerprint density at radius 3 is 2.69 bits per heavy atom. The molecule has 0 amide bonds. The summed E-state index contributed by atoms with van der Waals surface area (Å²) < 4.78 is 5.63. The highest BCUT2D eigenvalue weighted by Crippen LogP contribution is 2.21. The van der Waals surface area contributed by atoms with Crippen LogP contribution in [-0.2, 0) is 0 Å². The van der Waals surface area contributed by atoms with E-state index in [4.69, 9.17) is 4.42 Å². The van der Waals surface area contributed by atoms with Gasteiger partial charge in [0, 0.05) is 11.3 Å². The lowest BCUT2D eigenvalue weighted by molar-refractivity contribution is 0.440. The van der Waals surface area contributed by atoms with Crippen LogP contribution in [0.1, 0.15) is 32.7 Å². The number of rotatable bonds is 6. The van der Waals surface area contributed by atoms with E-state index in [1.54, 1.807) is 11.8 Å². The average Bonchev–Trinajstić information content (AvgIpc) is 2.74. The smallest absolute Gasteiger partial charge is 0.315 e. The van der Waals surface area contributed by atoms with Crippen LogP contribution in [0.15, 0.2) is 4.42 Å². The molecule has 0 radical (unpaired) electrons. The molecule has 0 spiro atoms. The molecule has 1 atom stereocenters. The van der Waals surface area contributed by atoms with E-state index in [1.807, 2.05) is 14.0 Å². The van der Waals surface area contributed by atoms with Gasteiger partial charge in [-0.25, -0.2) is 0 Å². The van der Waals surface area contributed by atoms with Gasteiger partial charge in [-0.2, -0.15) is 11.8 Å². The van der Waals surface area contributed by atoms with Crippen molar-refractivity contribution in [3.8, 4) is 0 Å². The predicted octanol–water partition coefficient (Wildman–Crippen LogP) is 1.90. The summed E-state index contributed by atoms with van der Waals surface area (Å²) in [5, 5.41) is 14.1. The van der Waals surface area contributed by atoms with Crippen molar-refractivity contribution in [3.63, 3.8) is 0 Å². The third-order valence-electron chi connectivity index (χ3n) is 2.46. The van der Waals surface area contributed by atoms with Crippen LogP contribution in [0.3, 0.4) is 0 Å². The van der Waals surface area contributed by atoms with Gasteiger partial charge in [-0.3, -0.25) is 0 Å². The van der Waals surface area contributed by atoms with Crippen molar-refractivity contribution in [1.29, 1.82) is 0 Å². The zero-order chi connectivity index (χ0) is 12.2. The normalized spacial score (nSPS) is 13.8. The monoisotopic (exact) mass is 244 g/mol. The van der Waals surface area contributed by atoms with Gasteiger partial charge in [0.1, 0.15) is 0 Å². The van der Waals surface area contributed by atoms with Gasteiger partial charge in [0.25, 0.3) is 0 Å². The number of aromatic nitrogens is 2. The van der Waals surface area contributed by atoms with Gasteiger partial charge >= 0.3 is 6.01 Å². The predicted molar refractivity (Wildman–Crippen MR) is 67.9 cm³/mol. The fraction of sp³-hybridized carbons (Fsp3) is 0.800. The first kappa shape index (κ1) is 13.3. The fourth-order valence-electron chi connectivity index (χ4n) is 0.965. The van der Waals surface area contributed by atoms with Crippen molar-refractivity contribution in [3.05, 3.63) is 5.89 Å². The molecule has 0 aromatic carbocycles. The third kappa shape index (κ3) is 3.68. The minimum Gasteiger partial charge on any atom is -0.406 e. The maximum absolute atomic E-state index is 5.47. The van der Waals surface area contributed by atoms with E-state index in [-0.39, 0.29) is 10.8 Å². The summed E-state index contributed by atoms with van der Waals surface area (Å²) in [5.41, 5.74) is 0. The Morgan fingerprint density at radius 2 is 2.12 bits per heavy atom. The van der Waals surface area contributed by atoms with Gasteiger partial charge in [0.15, 0.2) is 0 Å². The van der Waals surface area contributed by atoms with Crippen LogP contribution in [0, 0.1) is 0 Å². The Balaban J connectivity index is 2.53. The molecule has 6 heteroatoms. The van der Waals surface area contributed by atoms with Gasteiger partial charge in [0.05, 0.1) is 6.04 Å². The van der Waals surface area contributed by atoms with E-state index >= 15 is 0 Å². The molecule has 5 nitrogen and oxygen atoms in total. The van der Waals surface area contributed by atoms with Crippen LogP contribution in [0.2, 0.25) is 0 Å². The SMILES string of the molecule is CNC(C)c1nnc(NCC(C)(C)SC)o1. The molecule has 0 saturated heterocycles. The van der Waals surface area contributed by atoms with Crippen molar-refractivity contribution in [2.75, 3.05) is 25.2 Å². The van der Waals surface area contributed by atoms with Crippen molar-refractivity contribution in [2.45, 2.75) is 31.6 Å². The molecular weight excluding hydrogens is 224 g/mol. The Labute approximate surface area is 101 Å². The van der Waals surface area contributed by atoms with Gasteiger partial charge in [0.2, 0.25) is 5.89 Å². The second-order valence-corrected chi connectivity index (χ2v) is 5.79. The highest BCUT2D eigenvalue weighted by molar-refractivity contribution is 7.99. The maximum atomic E-state index is 5.47. The molecule has 0 bridgehead atoms. The quantitative estimate of drug-likeness (QED) is 0.797. The summed E-state index contributed by atoms with van der Waals surface area (Å²) in [7, 11) is 1.86. The molecule has 0 aliphatic heterocycles. The fourth-order valence-corrected chi connectivity index (χ4v) is 1.18. The highest BCUT2D eigenvalue weighted by atomic mass is 32.2. The van der Waals surface area contributed by atoms with Crippen molar-refractivity contribution < 1.29 is 4.42 Å². The molecule has 1 rings (SSSR count). The first-order chi connectivity index (χ1) is 7.48. The average molecular weight is 244 g/mol. The van der Waals surface area contributed by atoms with Crippen molar-refractivity contribution >= 4 is 17.8 Å². The van der Waals surface area contributed by atoms with Crippen LogP contribution >= 0.6 is 11.8 Å². The molecule has 16 heavy (non-hydrogen) atoms. The summed E-state index contributed by atoms with van der Waals surface area (Å²) in [6, 6.07) is 0.566. The van der Waals surface area contributed by atoms with Gasteiger partial charge < -0.3 is 15.1 Å². The Morgan fingerprint density at radius 1 is 1.44 bits per heavy atom. The van der Waals surface area contributed by atoms with Crippen LogP contribution in [-0.4, -0.2) is 34.8 Å². The van der Waals surface area contributed by atoms with Crippen molar-refractivity contribution in [1.82, 2.24) is 15.5 Å². The lowest BCUT2D eigenvalue weighted by atomic mass is 10.2. The molecule has 92 valence electrons. The molecule has 1 unspecified atom stereocenters. The number of nitrogens with one attached hydrogen (secondary N) is 2. The summed E-state index contributed by atoms with van der Waals surface area (Å²) in [5.74, 6) is 0.604. The van der Waals surface area contributed by atoms with Gasteiger partial charge in [-0.15, -0.1) is 5.10 Å². The molecular formula is C10H20N4OS. The first-order valence-corrected chi connectivity index (χ1v) is 6.50. The van der Waals surface area contributed by atoms with E-state index in [9.17, 15) is 0 Å². The van der Waals surface area contributed by atoms with E-state index in [0.717, 1.165) is 6.54 Å². The minimum absolute atomic E-state index is 0.0802. The van der Waals surface area contributed by atoms with E-state index in [1.165, 1.54) is 0 Å². The molecule has 1 aromatic heterocycles. The van der Waals surface area contributed by atoms with E-state index < -0.39 is 0 Å². The number of hydrogen-bond acceptors (Lipinski definition) is 6. The van der Waals surface area contributed by atoms with E-state index in [0.29, 0.717) is 11.9 Å². The van der Waals surface area contributed by atoms with Crippen LogP contribution in [0.5, 0.6) is 0 Å². The molecule has 1 heterocycles. The summed E-state index contributed by atoms with van der Waals surface area (Å²) >= 11 is 1.80. The number of nitrogens with zero attached hydrogens (tertiary/aromatic N) is 2. The second kappa shape index (κ2) is 5.54. The Bertz CT molecular complexity index is 326. The molecule has 0 aliphatic carbocycles. The number of anilines is 1. The maximum Gasteiger partial charge on any atom is 0.315 e. The standard InChI is InChI=1S/C10H20N4OS/c1-7(11-4)8-13-14-9(15-8)12-6-10(2,3)16-5/h7,11H,6H2,1-5H3,(H,12,14). The first-order valence-electron chi connectivity index (χ1n) is 5.28. The zero-order valence-electron chi connectivity index (χ0n) is 10.5. The molecule has 0 fully saturated rings. The summed E-state index contributed by atoms with van der Waals surface area (Å²) in [4.78, 5) is 0. The molecule has 0 saturated carbocycles. The minimum atomic E-state index is 0.0802. The van der Waals surface area contributed by atoms with Crippen LogP contribution < -0.4 is 10.6 Å². The lowest BCUT2D eigenvalue weighted by Crippen LogP contribution is -2.25. The number of thioether (sulfide) groups is 1. The Hall–Kier alpha value is -0.750. The second-order valence-electron chi connectivity index (χ2n) is 4.27. The largest absolute Gasteiger partial charge is 0.406 e. The molecule has 2 N–H and O–H groups in total. The van der Waals surface area contributed by atoms with Gasteiger partial charge in [-0.05, 0) is 34.1 Å². The lowest BCUT2D eigenvalue weighted by Gasteiger charge is -2.21.